The van der Waals surface area contributed by atoms with E-state index in [1.807, 2.05) is 44.1 Å². The number of nitrogens with one attached hydrogen (secondary N) is 1. The summed E-state index contributed by atoms with van der Waals surface area (Å²) in [5.74, 6) is -1.34. The summed E-state index contributed by atoms with van der Waals surface area (Å²) in [6.45, 7) is 2.35. The molecule has 23 heavy (non-hydrogen) atoms. The average molecular weight is 316 g/mol. The van der Waals surface area contributed by atoms with Gasteiger partial charge < -0.3 is 15.3 Å². The minimum Gasteiger partial charge on any atom is -0.508 e. The smallest absolute Gasteiger partial charge is 0.254 e. The summed E-state index contributed by atoms with van der Waals surface area (Å²) < 4.78 is 13.7. The second kappa shape index (κ2) is 7.24. The Balaban J connectivity index is 2.13. The van der Waals surface area contributed by atoms with Gasteiger partial charge in [0.25, 0.3) is 5.91 Å². The molecule has 0 bridgehead atoms. The van der Waals surface area contributed by atoms with Crippen LogP contribution in [0.5, 0.6) is 5.75 Å². The first-order valence-corrected chi connectivity index (χ1v) is 7.38. The maximum atomic E-state index is 13.7. The van der Waals surface area contributed by atoms with E-state index in [4.69, 9.17) is 0 Å². The van der Waals surface area contributed by atoms with E-state index in [2.05, 4.69) is 11.4 Å². The first kappa shape index (κ1) is 17.0. The largest absolute Gasteiger partial charge is 0.508 e. The first-order valence-electron chi connectivity index (χ1n) is 7.38. The molecule has 0 radical (unpaired) electrons. The number of carbonyl (C=O) groups excluding carboxylic acids is 1. The molecule has 2 rings (SSSR count). The van der Waals surface area contributed by atoms with Gasteiger partial charge in [-0.1, -0.05) is 29.8 Å². The van der Waals surface area contributed by atoms with Crippen LogP contribution in [0, 0.1) is 12.7 Å². The summed E-state index contributed by atoms with van der Waals surface area (Å²) in [4.78, 5) is 14.2. The SMILES string of the molecule is Cc1cccc([C@H](CNC(=O)c2cc(O)ccc2F)N(C)C)c1. The number of benzene rings is 2. The van der Waals surface area contributed by atoms with E-state index >= 15 is 0 Å². The van der Waals surface area contributed by atoms with Crippen molar-refractivity contribution in [2.45, 2.75) is 13.0 Å². The third-order valence-corrected chi connectivity index (χ3v) is 3.70. The van der Waals surface area contributed by atoms with E-state index in [1.54, 1.807) is 0 Å². The molecule has 0 aliphatic carbocycles. The standard InChI is InChI=1S/C18H21FN2O2/c1-12-5-4-6-13(9-12)17(21(2)3)11-20-18(23)15-10-14(22)7-8-16(15)19/h4-10,17,22H,11H2,1-3H3,(H,20,23)/t17-/m0/s1. The predicted octanol–water partition coefficient (Wildman–Crippen LogP) is 2.87. The molecular formula is C18H21FN2O2. The maximum Gasteiger partial charge on any atom is 0.254 e. The molecule has 1 atom stereocenters. The van der Waals surface area contributed by atoms with E-state index in [0.29, 0.717) is 6.54 Å². The molecule has 0 spiro atoms. The van der Waals surface area contributed by atoms with Gasteiger partial charge in [0.2, 0.25) is 0 Å². The molecular weight excluding hydrogens is 295 g/mol. The number of nitrogens with zero attached hydrogens (tertiary/aromatic N) is 1. The minimum atomic E-state index is -0.655. The van der Waals surface area contributed by atoms with Crippen LogP contribution in [-0.4, -0.2) is 36.6 Å². The predicted molar refractivity (Wildman–Crippen MR) is 88.0 cm³/mol. The molecule has 0 saturated heterocycles. The number of aromatic hydroxyl groups is 1. The van der Waals surface area contributed by atoms with E-state index in [0.717, 1.165) is 23.3 Å². The summed E-state index contributed by atoms with van der Waals surface area (Å²) in [5.41, 5.74) is 2.05. The number of hydrogen-bond acceptors (Lipinski definition) is 3. The number of hydrogen-bond donors (Lipinski definition) is 2. The zero-order valence-corrected chi connectivity index (χ0v) is 13.5. The second-order valence-electron chi connectivity index (χ2n) is 5.77. The topological polar surface area (TPSA) is 52.6 Å². The van der Waals surface area contributed by atoms with Crippen molar-refractivity contribution < 1.29 is 14.3 Å². The monoisotopic (exact) mass is 316 g/mol. The molecule has 2 aromatic carbocycles. The van der Waals surface area contributed by atoms with Crippen LogP contribution < -0.4 is 5.32 Å². The summed E-state index contributed by atoms with van der Waals surface area (Å²) in [5, 5.41) is 12.1. The maximum absolute atomic E-state index is 13.7. The zero-order valence-electron chi connectivity index (χ0n) is 13.5. The van der Waals surface area contributed by atoms with Gasteiger partial charge in [-0.2, -0.15) is 0 Å². The quantitative estimate of drug-likeness (QED) is 0.892. The van der Waals surface area contributed by atoms with Gasteiger partial charge in [0.15, 0.2) is 0 Å². The van der Waals surface area contributed by atoms with E-state index in [-0.39, 0.29) is 17.4 Å². The lowest BCUT2D eigenvalue weighted by molar-refractivity contribution is 0.0937. The van der Waals surface area contributed by atoms with Crippen molar-refractivity contribution in [2.75, 3.05) is 20.6 Å². The molecule has 5 heteroatoms. The van der Waals surface area contributed by atoms with Crippen LogP contribution in [0.1, 0.15) is 27.5 Å². The number of carbonyl (C=O) groups is 1. The van der Waals surface area contributed by atoms with Crippen molar-refractivity contribution in [1.82, 2.24) is 10.2 Å². The summed E-state index contributed by atoms with van der Waals surface area (Å²) in [6.07, 6.45) is 0. The molecule has 0 unspecified atom stereocenters. The fourth-order valence-electron chi connectivity index (χ4n) is 2.45. The van der Waals surface area contributed by atoms with Gasteiger partial charge in [-0.3, -0.25) is 4.79 Å². The van der Waals surface area contributed by atoms with Crippen molar-refractivity contribution in [2.24, 2.45) is 0 Å². The Morgan fingerprint density at radius 3 is 2.65 bits per heavy atom. The molecule has 122 valence electrons. The van der Waals surface area contributed by atoms with Crippen molar-refractivity contribution in [1.29, 1.82) is 0 Å². The molecule has 2 N–H and O–H groups in total. The van der Waals surface area contributed by atoms with Crippen LogP contribution in [0.4, 0.5) is 4.39 Å². The number of phenolic OH excluding ortho intramolecular Hbond substituents is 1. The number of aryl methyl sites for hydroxylation is 1. The fraction of sp³-hybridized carbons (Fsp3) is 0.278. The molecule has 1 amide bonds. The van der Waals surface area contributed by atoms with Crippen molar-refractivity contribution in [3.63, 3.8) is 0 Å². The molecule has 0 aliphatic heterocycles. The van der Waals surface area contributed by atoms with E-state index in [9.17, 15) is 14.3 Å². The summed E-state index contributed by atoms with van der Waals surface area (Å²) in [6, 6.07) is 11.4. The molecule has 0 saturated carbocycles. The molecule has 2 aromatic rings. The molecule has 0 heterocycles. The third-order valence-electron chi connectivity index (χ3n) is 3.70. The first-order chi connectivity index (χ1) is 10.9. The highest BCUT2D eigenvalue weighted by molar-refractivity contribution is 5.94. The van der Waals surface area contributed by atoms with Gasteiger partial charge in [0.1, 0.15) is 11.6 Å². The van der Waals surface area contributed by atoms with Gasteiger partial charge >= 0.3 is 0 Å². The van der Waals surface area contributed by atoms with Crippen molar-refractivity contribution >= 4 is 5.91 Å². The van der Waals surface area contributed by atoms with Crippen molar-refractivity contribution in [3.8, 4) is 5.75 Å². The van der Waals surface area contributed by atoms with Crippen molar-refractivity contribution in [3.05, 3.63) is 65.0 Å². The van der Waals surface area contributed by atoms with Gasteiger partial charge in [0.05, 0.1) is 11.6 Å². The highest BCUT2D eigenvalue weighted by Crippen LogP contribution is 2.19. The van der Waals surface area contributed by atoms with Gasteiger partial charge in [-0.15, -0.1) is 0 Å². The van der Waals surface area contributed by atoms with E-state index < -0.39 is 11.7 Å². The minimum absolute atomic E-state index is 0.0285. The zero-order chi connectivity index (χ0) is 17.0. The Morgan fingerprint density at radius 2 is 2.00 bits per heavy atom. The molecule has 4 nitrogen and oxygen atoms in total. The van der Waals surface area contributed by atoms with E-state index in [1.165, 1.54) is 6.07 Å². The van der Waals surface area contributed by atoms with Crippen LogP contribution in [0.15, 0.2) is 42.5 Å². The van der Waals surface area contributed by atoms with Crippen LogP contribution in [-0.2, 0) is 0 Å². The Labute approximate surface area is 135 Å². The highest BCUT2D eigenvalue weighted by atomic mass is 19.1. The summed E-state index contributed by atoms with van der Waals surface area (Å²) >= 11 is 0. The fourth-order valence-corrected chi connectivity index (χ4v) is 2.45. The van der Waals surface area contributed by atoms with Crippen LogP contribution in [0.3, 0.4) is 0 Å². The Morgan fingerprint density at radius 1 is 1.26 bits per heavy atom. The lowest BCUT2D eigenvalue weighted by atomic mass is 10.0. The van der Waals surface area contributed by atoms with Crippen LogP contribution >= 0.6 is 0 Å². The highest BCUT2D eigenvalue weighted by Gasteiger charge is 2.18. The Bertz CT molecular complexity index is 701. The number of rotatable bonds is 5. The van der Waals surface area contributed by atoms with Gasteiger partial charge in [0, 0.05) is 6.54 Å². The number of amides is 1. The third kappa shape index (κ3) is 4.29. The number of halogens is 1. The Kier molecular flexibility index (Phi) is 5.34. The lowest BCUT2D eigenvalue weighted by Gasteiger charge is -2.25. The van der Waals surface area contributed by atoms with Crippen LogP contribution in [0.25, 0.3) is 0 Å². The lowest BCUT2D eigenvalue weighted by Crippen LogP contribution is -2.34. The Hall–Kier alpha value is -2.40. The molecule has 0 aromatic heterocycles. The van der Waals surface area contributed by atoms with Crippen LogP contribution in [0.2, 0.25) is 0 Å². The summed E-state index contributed by atoms with van der Waals surface area (Å²) in [7, 11) is 3.85. The van der Waals surface area contributed by atoms with Gasteiger partial charge in [-0.05, 0) is 44.8 Å². The molecule has 0 fully saturated rings. The number of likely N-dealkylation sites (N-methyl/N-ethyl adjacent to an activating group) is 1. The number of phenols is 1. The molecule has 0 aliphatic rings. The second-order valence-corrected chi connectivity index (χ2v) is 5.77. The average Bonchev–Trinajstić information content (AvgIpc) is 2.49. The normalized spacial score (nSPS) is 12.2. The van der Waals surface area contributed by atoms with Gasteiger partial charge in [-0.25, -0.2) is 4.39 Å².